The molecule has 0 aliphatic rings. The zero-order valence-electron chi connectivity index (χ0n) is 12.7. The van der Waals surface area contributed by atoms with Gasteiger partial charge in [-0.05, 0) is 18.2 Å². The van der Waals surface area contributed by atoms with Gasteiger partial charge in [0.15, 0.2) is 0 Å². The second-order valence-electron chi connectivity index (χ2n) is 4.36. The van der Waals surface area contributed by atoms with Crippen molar-refractivity contribution in [3.05, 3.63) is 18.2 Å². The minimum atomic E-state index is -5.43. The summed E-state index contributed by atoms with van der Waals surface area (Å²) in [4.78, 5) is 0. The first kappa shape index (κ1) is 20.4. The van der Waals surface area contributed by atoms with E-state index < -0.39 is 15.5 Å². The molecule has 0 spiro atoms. The largest absolute Gasteiger partial charge is 0.516 e. The summed E-state index contributed by atoms with van der Waals surface area (Å²) in [7, 11) is -4.11. The van der Waals surface area contributed by atoms with E-state index >= 15 is 0 Å². The van der Waals surface area contributed by atoms with Crippen LogP contribution in [-0.2, 0) is 10.0 Å². The van der Waals surface area contributed by atoms with E-state index in [1.165, 1.54) is 37.2 Å². The molecule has 0 bridgehead atoms. The summed E-state index contributed by atoms with van der Waals surface area (Å²) in [6.45, 7) is 4.42. The number of hydrogen-bond donors (Lipinski definition) is 2. The van der Waals surface area contributed by atoms with Crippen molar-refractivity contribution < 1.29 is 26.3 Å². The SMILES string of the molecule is CCCCC.COc1ccc(NS(=O)(=O)C(F)(F)F)cc1N. The van der Waals surface area contributed by atoms with E-state index in [9.17, 15) is 21.6 Å². The van der Waals surface area contributed by atoms with Crippen LogP contribution in [0, 0.1) is 0 Å². The lowest BCUT2D eigenvalue weighted by molar-refractivity contribution is -0.0429. The molecule has 0 saturated carbocycles. The van der Waals surface area contributed by atoms with Gasteiger partial charge in [0, 0.05) is 0 Å². The monoisotopic (exact) mass is 342 g/mol. The molecule has 128 valence electrons. The third kappa shape index (κ3) is 6.42. The predicted octanol–water partition coefficient (Wildman–Crippen LogP) is 3.74. The first-order valence-corrected chi connectivity index (χ1v) is 8.09. The van der Waals surface area contributed by atoms with Crippen molar-refractivity contribution >= 4 is 21.4 Å². The minimum absolute atomic E-state index is 0.0230. The van der Waals surface area contributed by atoms with Crippen LogP contribution in [0.2, 0.25) is 0 Å². The Kier molecular flexibility index (Phi) is 8.07. The van der Waals surface area contributed by atoms with E-state index in [4.69, 9.17) is 10.5 Å². The first-order valence-electron chi connectivity index (χ1n) is 6.61. The van der Waals surface area contributed by atoms with Gasteiger partial charge in [-0.25, -0.2) is 0 Å². The highest BCUT2D eigenvalue weighted by Crippen LogP contribution is 2.29. The molecule has 0 atom stereocenters. The molecule has 0 saturated heterocycles. The fourth-order valence-electron chi connectivity index (χ4n) is 1.36. The normalized spacial score (nSPS) is 11.4. The molecule has 0 unspecified atom stereocenters. The molecule has 0 amide bonds. The number of nitrogen functional groups attached to an aromatic ring is 1. The van der Waals surface area contributed by atoms with Gasteiger partial charge in [-0.3, -0.25) is 4.72 Å². The van der Waals surface area contributed by atoms with E-state index in [1.807, 2.05) is 0 Å². The predicted molar refractivity (Wildman–Crippen MR) is 81.2 cm³/mol. The smallest absolute Gasteiger partial charge is 0.495 e. The Morgan fingerprint density at radius 1 is 1.23 bits per heavy atom. The topological polar surface area (TPSA) is 81.4 Å². The van der Waals surface area contributed by atoms with Gasteiger partial charge in [0.1, 0.15) is 5.75 Å². The van der Waals surface area contributed by atoms with Crippen molar-refractivity contribution in [3.63, 3.8) is 0 Å². The zero-order valence-corrected chi connectivity index (χ0v) is 13.5. The number of halogens is 3. The Hall–Kier alpha value is -1.64. The van der Waals surface area contributed by atoms with Gasteiger partial charge in [0.2, 0.25) is 0 Å². The molecule has 1 rings (SSSR count). The molecule has 3 N–H and O–H groups in total. The van der Waals surface area contributed by atoms with Crippen LogP contribution in [0.15, 0.2) is 18.2 Å². The third-order valence-electron chi connectivity index (χ3n) is 2.49. The summed E-state index contributed by atoms with van der Waals surface area (Å²) in [5, 5.41) is 0. The maximum absolute atomic E-state index is 12.1. The Bertz CT molecular complexity index is 558. The summed E-state index contributed by atoms with van der Waals surface area (Å²) in [6.07, 6.45) is 4.08. The minimum Gasteiger partial charge on any atom is -0.495 e. The number of anilines is 2. The number of unbranched alkanes of at least 4 members (excludes halogenated alkanes) is 2. The highest BCUT2D eigenvalue weighted by atomic mass is 32.2. The maximum Gasteiger partial charge on any atom is 0.516 e. The van der Waals surface area contributed by atoms with Crippen molar-refractivity contribution in [1.82, 2.24) is 0 Å². The molecule has 0 heterocycles. The number of methoxy groups -OCH3 is 1. The van der Waals surface area contributed by atoms with Crippen LogP contribution in [0.4, 0.5) is 24.5 Å². The summed E-state index contributed by atoms with van der Waals surface area (Å²) < 4.78 is 63.9. The van der Waals surface area contributed by atoms with Crippen molar-refractivity contribution in [2.45, 2.75) is 38.6 Å². The van der Waals surface area contributed by atoms with E-state index in [0.29, 0.717) is 0 Å². The lowest BCUT2D eigenvalue weighted by Crippen LogP contribution is -2.29. The number of sulfonamides is 1. The number of benzene rings is 1. The van der Waals surface area contributed by atoms with E-state index in [0.717, 1.165) is 12.1 Å². The van der Waals surface area contributed by atoms with Crippen LogP contribution in [0.25, 0.3) is 0 Å². The molecule has 0 aromatic heterocycles. The number of hydrogen-bond acceptors (Lipinski definition) is 4. The average molecular weight is 342 g/mol. The van der Waals surface area contributed by atoms with Crippen LogP contribution in [0.1, 0.15) is 33.1 Å². The molecule has 1 aromatic rings. The van der Waals surface area contributed by atoms with Gasteiger partial charge in [-0.1, -0.05) is 33.1 Å². The van der Waals surface area contributed by atoms with Crippen molar-refractivity contribution in [2.24, 2.45) is 0 Å². The van der Waals surface area contributed by atoms with Gasteiger partial charge in [0.05, 0.1) is 18.5 Å². The molecule has 0 aliphatic heterocycles. The van der Waals surface area contributed by atoms with E-state index in [1.54, 1.807) is 0 Å². The average Bonchev–Trinajstić information content (AvgIpc) is 2.39. The third-order valence-corrected chi connectivity index (χ3v) is 3.61. The molecule has 0 radical (unpaired) electrons. The van der Waals surface area contributed by atoms with Crippen molar-refractivity contribution in [1.29, 1.82) is 0 Å². The van der Waals surface area contributed by atoms with Gasteiger partial charge < -0.3 is 10.5 Å². The summed E-state index contributed by atoms with van der Waals surface area (Å²) in [5.74, 6) is 0.236. The van der Waals surface area contributed by atoms with Crippen LogP contribution in [0.3, 0.4) is 0 Å². The van der Waals surface area contributed by atoms with E-state index in [2.05, 4.69) is 13.8 Å². The van der Waals surface area contributed by atoms with Crippen LogP contribution < -0.4 is 15.2 Å². The number of ether oxygens (including phenoxy) is 1. The lowest BCUT2D eigenvalue weighted by atomic mass is 10.2. The molecule has 22 heavy (non-hydrogen) atoms. The molecular formula is C13H21F3N2O3S. The molecule has 0 aliphatic carbocycles. The second-order valence-corrected chi connectivity index (χ2v) is 6.04. The fourth-order valence-corrected chi connectivity index (χ4v) is 1.92. The number of rotatable bonds is 5. The standard InChI is InChI=1S/C8H9F3N2O3S.C5H12/c1-16-7-3-2-5(4-6(7)12)13-17(14,15)8(9,10)11;1-3-5-4-2/h2-4,13H,12H2,1H3;3-5H2,1-2H3. The number of nitrogens with two attached hydrogens (primary N) is 1. The van der Waals surface area contributed by atoms with Crippen molar-refractivity contribution in [3.8, 4) is 5.75 Å². The Morgan fingerprint density at radius 3 is 2.09 bits per heavy atom. The highest BCUT2D eigenvalue weighted by Gasteiger charge is 2.46. The first-order chi connectivity index (χ1) is 10.1. The Morgan fingerprint density at radius 2 is 1.77 bits per heavy atom. The second kappa shape index (κ2) is 8.72. The van der Waals surface area contributed by atoms with Crippen LogP contribution in [-0.4, -0.2) is 21.0 Å². The van der Waals surface area contributed by atoms with Crippen LogP contribution >= 0.6 is 0 Å². The zero-order chi connectivity index (χ0) is 17.4. The van der Waals surface area contributed by atoms with Crippen molar-refractivity contribution in [2.75, 3.05) is 17.6 Å². The van der Waals surface area contributed by atoms with Gasteiger partial charge in [-0.15, -0.1) is 0 Å². The highest BCUT2D eigenvalue weighted by molar-refractivity contribution is 7.93. The summed E-state index contributed by atoms with van der Waals surface area (Å²) in [6, 6.07) is 3.39. The van der Waals surface area contributed by atoms with Gasteiger partial charge in [0.25, 0.3) is 0 Å². The number of alkyl halides is 3. The molecule has 9 heteroatoms. The Labute approximate surface area is 128 Å². The summed E-state index contributed by atoms with van der Waals surface area (Å²) in [5.41, 5.74) is -0.223. The summed E-state index contributed by atoms with van der Waals surface area (Å²) >= 11 is 0. The van der Waals surface area contributed by atoms with Crippen LogP contribution in [0.5, 0.6) is 5.75 Å². The van der Waals surface area contributed by atoms with Gasteiger partial charge >= 0.3 is 15.5 Å². The fraction of sp³-hybridized carbons (Fsp3) is 0.538. The quantitative estimate of drug-likeness (QED) is 0.799. The molecule has 5 nitrogen and oxygen atoms in total. The molecular weight excluding hydrogens is 321 g/mol. The van der Waals surface area contributed by atoms with E-state index in [-0.39, 0.29) is 17.1 Å². The Balaban J connectivity index is 0.000000763. The molecule has 0 fully saturated rings. The lowest BCUT2D eigenvalue weighted by Gasteiger charge is -2.12. The molecule has 1 aromatic carbocycles. The maximum atomic E-state index is 12.1. The van der Waals surface area contributed by atoms with Gasteiger partial charge in [-0.2, -0.15) is 21.6 Å². The number of nitrogens with one attached hydrogen (secondary N) is 1.